The van der Waals surface area contributed by atoms with Crippen molar-refractivity contribution in [2.75, 3.05) is 6.61 Å². The van der Waals surface area contributed by atoms with Crippen LogP contribution in [0.25, 0.3) is 0 Å². The summed E-state index contributed by atoms with van der Waals surface area (Å²) in [4.78, 5) is 0. The van der Waals surface area contributed by atoms with Gasteiger partial charge in [0.15, 0.2) is 0 Å². The lowest BCUT2D eigenvalue weighted by molar-refractivity contribution is 0.319. The molecule has 1 aromatic heterocycles. The molecule has 1 nitrogen and oxygen atoms in total. The van der Waals surface area contributed by atoms with Crippen molar-refractivity contribution in [3.8, 4) is 5.75 Å². The molecule has 0 atom stereocenters. The van der Waals surface area contributed by atoms with E-state index in [0.717, 1.165) is 18.8 Å². The fourth-order valence-electron chi connectivity index (χ4n) is 0.554. The summed E-state index contributed by atoms with van der Waals surface area (Å²) in [5, 5.41) is 4.03. The van der Waals surface area contributed by atoms with Crippen molar-refractivity contribution in [2.24, 2.45) is 0 Å². The van der Waals surface area contributed by atoms with E-state index < -0.39 is 0 Å². The SMILES string of the molecule is CCCOc1ccsc1. The molecular weight excluding hydrogens is 132 g/mol. The van der Waals surface area contributed by atoms with Crippen LogP contribution in [0.2, 0.25) is 0 Å². The smallest absolute Gasteiger partial charge is 0.129 e. The Kier molecular flexibility index (Phi) is 2.58. The van der Waals surface area contributed by atoms with Gasteiger partial charge in [-0.25, -0.2) is 0 Å². The average molecular weight is 142 g/mol. The number of thiophene rings is 1. The molecule has 0 aliphatic carbocycles. The van der Waals surface area contributed by atoms with E-state index in [-0.39, 0.29) is 0 Å². The molecule has 0 aromatic carbocycles. The normalized spacial score (nSPS) is 9.44. The van der Waals surface area contributed by atoms with Gasteiger partial charge in [0, 0.05) is 5.38 Å². The summed E-state index contributed by atoms with van der Waals surface area (Å²) in [5.74, 6) is 1.00. The van der Waals surface area contributed by atoms with E-state index in [4.69, 9.17) is 4.74 Å². The molecule has 0 aliphatic rings. The summed E-state index contributed by atoms with van der Waals surface area (Å²) in [7, 11) is 0. The van der Waals surface area contributed by atoms with Crippen LogP contribution in [0.1, 0.15) is 13.3 Å². The van der Waals surface area contributed by atoms with Crippen molar-refractivity contribution < 1.29 is 4.74 Å². The largest absolute Gasteiger partial charge is 0.493 e. The lowest BCUT2D eigenvalue weighted by atomic mass is 10.5. The highest BCUT2D eigenvalue weighted by molar-refractivity contribution is 7.08. The second-order valence-electron chi connectivity index (χ2n) is 1.81. The predicted molar refractivity (Wildman–Crippen MR) is 40.1 cm³/mol. The zero-order valence-electron chi connectivity index (χ0n) is 5.46. The van der Waals surface area contributed by atoms with Crippen LogP contribution in [-0.4, -0.2) is 6.61 Å². The van der Waals surface area contributed by atoms with Gasteiger partial charge in [0.05, 0.1) is 6.61 Å². The van der Waals surface area contributed by atoms with E-state index in [0.29, 0.717) is 0 Å². The first-order chi connectivity index (χ1) is 4.43. The molecule has 0 spiro atoms. The first-order valence-electron chi connectivity index (χ1n) is 3.08. The van der Waals surface area contributed by atoms with Crippen molar-refractivity contribution in [1.29, 1.82) is 0 Å². The van der Waals surface area contributed by atoms with Crippen molar-refractivity contribution in [2.45, 2.75) is 13.3 Å². The first kappa shape index (κ1) is 6.62. The van der Waals surface area contributed by atoms with Gasteiger partial charge in [-0.15, -0.1) is 11.3 Å². The fraction of sp³-hybridized carbons (Fsp3) is 0.429. The fourth-order valence-corrected chi connectivity index (χ4v) is 1.13. The molecular formula is C7H10OS. The van der Waals surface area contributed by atoms with Gasteiger partial charge in [-0.3, -0.25) is 0 Å². The van der Waals surface area contributed by atoms with Gasteiger partial charge in [-0.2, -0.15) is 0 Å². The predicted octanol–water partition coefficient (Wildman–Crippen LogP) is 2.54. The van der Waals surface area contributed by atoms with Crippen LogP contribution in [0.15, 0.2) is 16.8 Å². The highest BCUT2D eigenvalue weighted by Crippen LogP contribution is 2.14. The van der Waals surface area contributed by atoms with Crippen LogP contribution >= 0.6 is 11.3 Å². The molecule has 0 fully saturated rings. The molecule has 1 aromatic rings. The first-order valence-corrected chi connectivity index (χ1v) is 4.02. The molecule has 0 unspecified atom stereocenters. The minimum Gasteiger partial charge on any atom is -0.493 e. The van der Waals surface area contributed by atoms with Gasteiger partial charge in [0.2, 0.25) is 0 Å². The van der Waals surface area contributed by atoms with E-state index in [1.165, 1.54) is 0 Å². The maximum absolute atomic E-state index is 5.31. The molecule has 2 heteroatoms. The monoisotopic (exact) mass is 142 g/mol. The second kappa shape index (κ2) is 3.51. The Bertz CT molecular complexity index is 146. The molecule has 50 valence electrons. The highest BCUT2D eigenvalue weighted by atomic mass is 32.1. The third-order valence-electron chi connectivity index (χ3n) is 0.968. The Labute approximate surface area is 59.3 Å². The number of rotatable bonds is 3. The zero-order chi connectivity index (χ0) is 6.53. The number of ether oxygens (including phenoxy) is 1. The summed E-state index contributed by atoms with van der Waals surface area (Å²) in [6.07, 6.45) is 1.08. The van der Waals surface area contributed by atoms with Crippen LogP contribution in [0, 0.1) is 0 Å². The number of hydrogen-bond acceptors (Lipinski definition) is 2. The molecule has 0 saturated heterocycles. The maximum atomic E-state index is 5.31. The summed E-state index contributed by atoms with van der Waals surface area (Å²) < 4.78 is 5.31. The molecule has 0 N–H and O–H groups in total. The van der Waals surface area contributed by atoms with Crippen LogP contribution < -0.4 is 4.74 Å². The van der Waals surface area contributed by atoms with Crippen molar-refractivity contribution in [1.82, 2.24) is 0 Å². The van der Waals surface area contributed by atoms with Crippen LogP contribution in [-0.2, 0) is 0 Å². The average Bonchev–Trinajstić information content (AvgIpc) is 2.34. The Morgan fingerprint density at radius 3 is 3.11 bits per heavy atom. The van der Waals surface area contributed by atoms with Crippen LogP contribution in [0.5, 0.6) is 5.75 Å². The Balaban J connectivity index is 2.30. The summed E-state index contributed by atoms with van der Waals surface area (Å²) in [6, 6.07) is 1.99. The molecule has 0 saturated carbocycles. The van der Waals surface area contributed by atoms with Gasteiger partial charge < -0.3 is 4.74 Å². The summed E-state index contributed by atoms with van der Waals surface area (Å²) in [5.41, 5.74) is 0. The summed E-state index contributed by atoms with van der Waals surface area (Å²) >= 11 is 1.67. The van der Waals surface area contributed by atoms with Crippen molar-refractivity contribution in [3.63, 3.8) is 0 Å². The van der Waals surface area contributed by atoms with E-state index in [1.807, 2.05) is 16.8 Å². The lowest BCUT2D eigenvalue weighted by Gasteiger charge is -1.97. The molecule has 0 bridgehead atoms. The molecule has 0 aliphatic heterocycles. The number of hydrogen-bond donors (Lipinski definition) is 0. The minimum atomic E-state index is 0.830. The zero-order valence-corrected chi connectivity index (χ0v) is 6.28. The third kappa shape index (κ3) is 2.06. The van der Waals surface area contributed by atoms with Crippen molar-refractivity contribution in [3.05, 3.63) is 16.8 Å². The van der Waals surface area contributed by atoms with Gasteiger partial charge in [0.25, 0.3) is 0 Å². The second-order valence-corrected chi connectivity index (χ2v) is 2.59. The molecule has 9 heavy (non-hydrogen) atoms. The van der Waals surface area contributed by atoms with Gasteiger partial charge in [-0.1, -0.05) is 6.92 Å². The molecule has 1 heterocycles. The van der Waals surface area contributed by atoms with Gasteiger partial charge >= 0.3 is 0 Å². The molecule has 1 rings (SSSR count). The van der Waals surface area contributed by atoms with E-state index >= 15 is 0 Å². The third-order valence-corrected chi connectivity index (χ3v) is 1.63. The standard InChI is InChI=1S/C7H10OS/c1-2-4-8-7-3-5-9-6-7/h3,5-6H,2,4H2,1H3. The highest BCUT2D eigenvalue weighted by Gasteiger charge is 1.88. The van der Waals surface area contributed by atoms with E-state index in [9.17, 15) is 0 Å². The minimum absolute atomic E-state index is 0.830. The Hall–Kier alpha value is -0.500. The summed E-state index contributed by atoms with van der Waals surface area (Å²) in [6.45, 7) is 2.93. The van der Waals surface area contributed by atoms with E-state index in [1.54, 1.807) is 11.3 Å². The van der Waals surface area contributed by atoms with Crippen LogP contribution in [0.3, 0.4) is 0 Å². The van der Waals surface area contributed by atoms with Crippen LogP contribution in [0.4, 0.5) is 0 Å². The lowest BCUT2D eigenvalue weighted by Crippen LogP contribution is -1.92. The quantitative estimate of drug-likeness (QED) is 0.630. The van der Waals surface area contributed by atoms with E-state index in [2.05, 4.69) is 6.92 Å². The topological polar surface area (TPSA) is 9.23 Å². The maximum Gasteiger partial charge on any atom is 0.129 e. The van der Waals surface area contributed by atoms with Gasteiger partial charge in [-0.05, 0) is 17.9 Å². The Morgan fingerprint density at radius 1 is 1.67 bits per heavy atom. The van der Waals surface area contributed by atoms with Crippen molar-refractivity contribution >= 4 is 11.3 Å². The van der Waals surface area contributed by atoms with Gasteiger partial charge in [0.1, 0.15) is 5.75 Å². The molecule has 0 radical (unpaired) electrons. The molecule has 0 amide bonds. The Morgan fingerprint density at radius 2 is 2.56 bits per heavy atom.